The number of benzene rings is 3. The van der Waals surface area contributed by atoms with Crippen molar-refractivity contribution in [3.05, 3.63) is 101 Å². The third kappa shape index (κ3) is 14.9. The molecule has 1 saturated heterocycles. The fourth-order valence-electron chi connectivity index (χ4n) is 7.83. The molecule has 0 aliphatic carbocycles. The Morgan fingerprint density at radius 1 is 1.01 bits per heavy atom. The average Bonchev–Trinajstić information content (AvgIpc) is 3.91. The first-order valence-electron chi connectivity index (χ1n) is 22.9. The number of aliphatic hydroxyl groups is 1. The molecule has 1 aliphatic heterocycles. The van der Waals surface area contributed by atoms with Crippen molar-refractivity contribution in [2.45, 2.75) is 84.5 Å². The number of halogens is 2. The van der Waals surface area contributed by atoms with Crippen LogP contribution >= 0.6 is 22.9 Å². The molecule has 2 aromatic heterocycles. The van der Waals surface area contributed by atoms with Gasteiger partial charge in [0.2, 0.25) is 11.8 Å². The van der Waals surface area contributed by atoms with Crippen LogP contribution in [0.1, 0.15) is 64.1 Å². The molecule has 1 aliphatic rings. The van der Waals surface area contributed by atoms with Crippen molar-refractivity contribution in [1.29, 1.82) is 0 Å². The normalized spacial score (nSPS) is 15.7. The van der Waals surface area contributed by atoms with Crippen molar-refractivity contribution in [3.63, 3.8) is 0 Å². The molecule has 17 heteroatoms. The molecule has 3 aromatic carbocycles. The van der Waals surface area contributed by atoms with E-state index in [1.54, 1.807) is 22.3 Å². The maximum Gasteiger partial charge on any atom is 0.243 e. The number of hydrogen-bond donors (Lipinski definition) is 5. The minimum absolute atomic E-state index is 0.0115. The average molecular weight is 959 g/mol. The summed E-state index contributed by atoms with van der Waals surface area (Å²) in [5, 5.41) is 24.6. The van der Waals surface area contributed by atoms with Gasteiger partial charge in [-0.05, 0) is 81.2 Å². The van der Waals surface area contributed by atoms with Crippen LogP contribution in [0.5, 0.6) is 5.75 Å². The number of carbonyl (C=O) groups is 2. The number of anilines is 3. The number of likely N-dealkylation sites (N-methyl/N-ethyl adjacent to an activating group) is 1. The van der Waals surface area contributed by atoms with Crippen LogP contribution in [0.3, 0.4) is 0 Å². The Morgan fingerprint density at radius 2 is 1.81 bits per heavy atom. The van der Waals surface area contributed by atoms with Gasteiger partial charge < -0.3 is 45.6 Å². The minimum Gasteiger partial charge on any atom is -0.489 e. The molecule has 67 heavy (non-hydrogen) atoms. The summed E-state index contributed by atoms with van der Waals surface area (Å²) in [7, 11) is 4.03. The SMILES string of the molecule is Cc1ncsc1-c1ccc(CNC(=O)[C@@H]2C[C@@H](O)CN2C(=O)[C@@H](NCCCCCCOCCOc2cc3ncnc(Nc4ccc(F)c(Cl)c4)c3cc2NC/C=C/CN(C)C)C(C)(C)C)cc1. The Morgan fingerprint density at radius 3 is 2.54 bits per heavy atom. The lowest BCUT2D eigenvalue weighted by Gasteiger charge is -2.35. The van der Waals surface area contributed by atoms with Crippen LogP contribution in [-0.2, 0) is 20.9 Å². The summed E-state index contributed by atoms with van der Waals surface area (Å²) in [5.74, 6) is 0.238. The molecule has 0 spiro atoms. The number of aromatic nitrogens is 3. The van der Waals surface area contributed by atoms with Gasteiger partial charge in [0.1, 0.15) is 36.4 Å². The van der Waals surface area contributed by atoms with E-state index in [9.17, 15) is 19.1 Å². The fourth-order valence-corrected chi connectivity index (χ4v) is 8.82. The number of β-amino-alcohol motifs (C(OH)–C–C–N with tert-alkyl or cyclic N) is 1. The van der Waals surface area contributed by atoms with E-state index in [4.69, 9.17) is 21.1 Å². The van der Waals surface area contributed by atoms with Crippen molar-refractivity contribution in [2.24, 2.45) is 5.41 Å². The van der Waals surface area contributed by atoms with Gasteiger partial charge in [-0.1, -0.05) is 81.6 Å². The van der Waals surface area contributed by atoms with Gasteiger partial charge in [-0.3, -0.25) is 9.59 Å². The monoisotopic (exact) mass is 957 g/mol. The second-order valence-corrected chi connectivity index (χ2v) is 19.4. The number of nitrogens with one attached hydrogen (secondary N) is 4. The number of fused-ring (bicyclic) bond motifs is 1. The van der Waals surface area contributed by atoms with Gasteiger partial charge in [0.15, 0.2) is 0 Å². The quantitative estimate of drug-likeness (QED) is 0.0297. The summed E-state index contributed by atoms with van der Waals surface area (Å²) >= 11 is 7.63. The van der Waals surface area contributed by atoms with Crippen molar-refractivity contribution >= 4 is 62.8 Å². The van der Waals surface area contributed by atoms with Crippen LogP contribution in [-0.4, -0.2) is 120 Å². The molecule has 360 valence electrons. The molecule has 5 aromatic rings. The van der Waals surface area contributed by atoms with Crippen LogP contribution < -0.4 is 26.0 Å². The predicted octanol–water partition coefficient (Wildman–Crippen LogP) is 8.37. The lowest BCUT2D eigenvalue weighted by Crippen LogP contribution is -2.56. The predicted molar refractivity (Wildman–Crippen MR) is 267 cm³/mol. The molecule has 14 nitrogen and oxygen atoms in total. The van der Waals surface area contributed by atoms with Crippen molar-refractivity contribution in [2.75, 3.05) is 70.7 Å². The zero-order valence-corrected chi connectivity index (χ0v) is 41.0. The van der Waals surface area contributed by atoms with Gasteiger partial charge >= 0.3 is 0 Å². The Labute approximate surface area is 402 Å². The van der Waals surface area contributed by atoms with Gasteiger partial charge in [-0.25, -0.2) is 19.3 Å². The highest BCUT2D eigenvalue weighted by molar-refractivity contribution is 7.13. The highest BCUT2D eigenvalue weighted by Crippen LogP contribution is 2.34. The number of unbranched alkanes of at least 4 members (excludes halogenated alkanes) is 3. The molecule has 0 unspecified atom stereocenters. The van der Waals surface area contributed by atoms with Crippen molar-refractivity contribution in [3.8, 4) is 16.2 Å². The summed E-state index contributed by atoms with van der Waals surface area (Å²) in [6, 6.07) is 15.0. The number of aliphatic hydroxyl groups excluding tert-OH is 1. The lowest BCUT2D eigenvalue weighted by molar-refractivity contribution is -0.142. The number of rotatable bonds is 24. The first kappa shape index (κ1) is 51.2. The topological polar surface area (TPSA) is 166 Å². The van der Waals surface area contributed by atoms with Gasteiger partial charge in [0.05, 0.1) is 51.1 Å². The summed E-state index contributed by atoms with van der Waals surface area (Å²) < 4.78 is 26.0. The molecular formula is C50H65ClFN9O5S. The van der Waals surface area contributed by atoms with Gasteiger partial charge in [-0.15, -0.1) is 11.3 Å². The highest BCUT2D eigenvalue weighted by Gasteiger charge is 2.43. The highest BCUT2D eigenvalue weighted by atomic mass is 35.5. The number of nitrogens with zero attached hydrogens (tertiary/aromatic N) is 5. The third-order valence-corrected chi connectivity index (χ3v) is 12.7. The standard InChI is InChI=1S/C50H65ClFN9O5S/c1-33-45(67-32-58-33)35-15-13-34(14-16-35)29-55-48(63)43-26-37(62)30-61(43)49(64)46(50(2,3)4)54-20-9-7-8-12-22-65-23-24-66-44-28-41-38(27-42(44)53-19-10-11-21-60(5)6)47(57-31-56-41)59-36-17-18-40(52)39(51)25-36/h10-11,13-18,25,27-28,31-32,37,43,46,53-54,62H,7-9,12,19-24,26,29-30H2,1-6H3,(H,55,63)(H,56,57,59)/b11-10+/t37-,43+,46-/m1/s1. The molecule has 1 fully saturated rings. The summed E-state index contributed by atoms with van der Waals surface area (Å²) in [6.07, 6.45) is 8.72. The summed E-state index contributed by atoms with van der Waals surface area (Å²) in [5.41, 5.74) is 6.46. The summed E-state index contributed by atoms with van der Waals surface area (Å²) in [6.45, 7) is 11.9. The molecule has 3 heterocycles. The van der Waals surface area contributed by atoms with Gasteiger partial charge in [0, 0.05) is 56.3 Å². The van der Waals surface area contributed by atoms with E-state index in [2.05, 4.69) is 53.3 Å². The minimum atomic E-state index is -0.765. The van der Waals surface area contributed by atoms with E-state index in [0.29, 0.717) is 62.2 Å². The van der Waals surface area contributed by atoms with E-state index < -0.39 is 29.4 Å². The second-order valence-electron chi connectivity index (χ2n) is 18.2. The maximum atomic E-state index is 14.1. The summed E-state index contributed by atoms with van der Waals surface area (Å²) in [4.78, 5) is 45.6. The van der Waals surface area contributed by atoms with Gasteiger partial charge in [0.25, 0.3) is 0 Å². The Hall–Kier alpha value is -5.23. The van der Waals surface area contributed by atoms with E-state index >= 15 is 0 Å². The molecule has 2 amide bonds. The molecule has 0 radical (unpaired) electrons. The molecule has 0 saturated carbocycles. The molecule has 6 rings (SSSR count). The second kappa shape index (κ2) is 24.7. The molecule has 5 N–H and O–H groups in total. The van der Waals surface area contributed by atoms with Crippen LogP contribution in [0.15, 0.2) is 78.6 Å². The third-order valence-electron chi connectivity index (χ3n) is 11.4. The number of likely N-dealkylation sites (tertiary alicyclic amines) is 1. The fraction of sp³-hybridized carbons (Fsp3) is 0.460. The number of thiazole rings is 1. The number of amides is 2. The maximum absolute atomic E-state index is 14.1. The zero-order chi connectivity index (χ0) is 47.9. The molecule has 3 atom stereocenters. The molecular weight excluding hydrogens is 893 g/mol. The number of aryl methyl sites for hydroxylation is 1. The smallest absolute Gasteiger partial charge is 0.243 e. The Kier molecular flexibility index (Phi) is 18.9. The Bertz CT molecular complexity index is 2430. The molecule has 0 bridgehead atoms. The first-order chi connectivity index (χ1) is 32.2. The first-order valence-corrected chi connectivity index (χ1v) is 24.2. The number of ether oxygens (including phenoxy) is 2. The van der Waals surface area contributed by atoms with Crippen LogP contribution in [0.4, 0.5) is 21.6 Å². The number of hydrogen-bond acceptors (Lipinski definition) is 13. The van der Waals surface area contributed by atoms with E-state index in [1.165, 1.54) is 18.5 Å². The number of carbonyl (C=O) groups excluding carboxylic acids is 2. The van der Waals surface area contributed by atoms with E-state index in [1.807, 2.05) is 83.7 Å². The van der Waals surface area contributed by atoms with E-state index in [0.717, 1.165) is 65.0 Å². The van der Waals surface area contributed by atoms with Crippen molar-refractivity contribution < 1.29 is 28.6 Å². The van der Waals surface area contributed by atoms with Crippen LogP contribution in [0.25, 0.3) is 21.3 Å². The van der Waals surface area contributed by atoms with Gasteiger partial charge in [-0.2, -0.15) is 0 Å². The van der Waals surface area contributed by atoms with E-state index in [-0.39, 0.29) is 29.8 Å². The lowest BCUT2D eigenvalue weighted by atomic mass is 9.85. The largest absolute Gasteiger partial charge is 0.489 e. The van der Waals surface area contributed by atoms with Crippen molar-refractivity contribution in [1.82, 2.24) is 35.4 Å². The van der Waals surface area contributed by atoms with Crippen LogP contribution in [0, 0.1) is 18.2 Å². The zero-order valence-electron chi connectivity index (χ0n) is 39.4. The Balaban J connectivity index is 0.925. The van der Waals surface area contributed by atoms with Crippen LogP contribution in [0.2, 0.25) is 5.02 Å².